The van der Waals surface area contributed by atoms with Crippen molar-refractivity contribution in [2.24, 2.45) is 0 Å². The van der Waals surface area contributed by atoms with E-state index in [4.69, 9.17) is 15.0 Å². The first kappa shape index (κ1) is 36.4. The van der Waals surface area contributed by atoms with Gasteiger partial charge in [-0.25, -0.2) is 15.0 Å². The van der Waals surface area contributed by atoms with Gasteiger partial charge >= 0.3 is 0 Å². The topological polar surface area (TPSA) is 43.6 Å². The van der Waals surface area contributed by atoms with Crippen molar-refractivity contribution in [3.8, 4) is 73.1 Å². The SMILES string of the molecule is c1ccc(-c2cc(-c3ccccc3)c3c(ccc4c(-c5ccc(-c6cc(-c7ccc(-n8c9ccccc9c9ccccc98)cc7)nc(-c7ccccc7)n6)cc5)cccc43)n2)cc1. The maximum absolute atomic E-state index is 5.21. The van der Waals surface area contributed by atoms with Crippen molar-refractivity contribution in [2.75, 3.05) is 0 Å². The molecule has 294 valence electrons. The van der Waals surface area contributed by atoms with Crippen molar-refractivity contribution >= 4 is 43.5 Å². The Morgan fingerprint density at radius 1 is 0.286 bits per heavy atom. The van der Waals surface area contributed by atoms with Gasteiger partial charge in [0.05, 0.1) is 33.6 Å². The Morgan fingerprint density at radius 2 is 0.762 bits per heavy atom. The maximum atomic E-state index is 5.21. The van der Waals surface area contributed by atoms with E-state index < -0.39 is 0 Å². The van der Waals surface area contributed by atoms with Gasteiger partial charge in [-0.1, -0.05) is 188 Å². The van der Waals surface area contributed by atoms with Gasteiger partial charge in [-0.3, -0.25) is 0 Å². The molecule has 0 atom stereocenters. The Bertz CT molecular complexity index is 3580. The van der Waals surface area contributed by atoms with E-state index in [0.29, 0.717) is 5.82 Å². The molecule has 4 heteroatoms. The molecular weight excluding hydrogens is 765 g/mol. The molecule has 0 amide bonds. The number of nitrogens with zero attached hydrogens (tertiary/aromatic N) is 4. The van der Waals surface area contributed by atoms with Crippen LogP contribution in [0.1, 0.15) is 0 Å². The Kier molecular flexibility index (Phi) is 8.79. The zero-order valence-electron chi connectivity index (χ0n) is 34.2. The quantitative estimate of drug-likeness (QED) is 0.151. The highest BCUT2D eigenvalue weighted by Gasteiger charge is 2.17. The van der Waals surface area contributed by atoms with Crippen molar-refractivity contribution in [3.63, 3.8) is 0 Å². The number of pyridine rings is 1. The van der Waals surface area contributed by atoms with Gasteiger partial charge in [-0.2, -0.15) is 0 Å². The summed E-state index contributed by atoms with van der Waals surface area (Å²) in [5, 5.41) is 6.01. The molecule has 0 saturated heterocycles. The number of benzene rings is 9. The van der Waals surface area contributed by atoms with Crippen LogP contribution in [0.5, 0.6) is 0 Å². The van der Waals surface area contributed by atoms with Crippen molar-refractivity contribution < 1.29 is 0 Å². The van der Waals surface area contributed by atoms with Crippen molar-refractivity contribution in [2.45, 2.75) is 0 Å². The van der Waals surface area contributed by atoms with Gasteiger partial charge in [-0.15, -0.1) is 0 Å². The molecule has 0 fully saturated rings. The van der Waals surface area contributed by atoms with Crippen molar-refractivity contribution in [3.05, 3.63) is 231 Å². The Morgan fingerprint density at radius 3 is 1.40 bits per heavy atom. The summed E-state index contributed by atoms with van der Waals surface area (Å²) in [5.41, 5.74) is 15.9. The third-order valence-electron chi connectivity index (χ3n) is 12.2. The number of para-hydroxylation sites is 2. The van der Waals surface area contributed by atoms with E-state index in [9.17, 15) is 0 Å². The van der Waals surface area contributed by atoms with Crippen molar-refractivity contribution in [1.82, 2.24) is 19.5 Å². The Balaban J connectivity index is 0.939. The van der Waals surface area contributed by atoms with E-state index in [1.165, 1.54) is 49.3 Å². The van der Waals surface area contributed by atoms with Gasteiger partial charge in [0.1, 0.15) is 0 Å². The van der Waals surface area contributed by atoms with Crippen LogP contribution in [-0.4, -0.2) is 19.5 Å². The average Bonchev–Trinajstić information content (AvgIpc) is 3.71. The van der Waals surface area contributed by atoms with Crippen LogP contribution in [0.15, 0.2) is 231 Å². The first-order valence-electron chi connectivity index (χ1n) is 21.4. The van der Waals surface area contributed by atoms with E-state index in [1.807, 2.05) is 24.3 Å². The van der Waals surface area contributed by atoms with E-state index in [-0.39, 0.29) is 0 Å². The molecule has 12 rings (SSSR count). The number of rotatable bonds is 7. The standard InChI is InChI=1S/C59H38N4/c1-4-15-39(16-5-1)51-37-53(41-17-6-2-7-18-41)60-52-36-35-47-46(23-14-24-50(47)58(51)52)40-27-29-42(30-28-40)54-38-55(62-59(61-54)44-19-8-3-9-20-44)43-31-33-45(34-32-43)63-56-25-12-10-21-48(56)49-22-11-13-26-57(49)63/h1-38H. The second kappa shape index (κ2) is 15.2. The lowest BCUT2D eigenvalue weighted by atomic mass is 9.91. The lowest BCUT2D eigenvalue weighted by molar-refractivity contribution is 1.17. The third kappa shape index (κ3) is 6.44. The third-order valence-corrected chi connectivity index (χ3v) is 12.2. The zero-order chi connectivity index (χ0) is 41.7. The molecule has 0 aliphatic heterocycles. The summed E-state index contributed by atoms with van der Waals surface area (Å²) in [6.45, 7) is 0. The minimum Gasteiger partial charge on any atom is -0.309 e. The lowest BCUT2D eigenvalue weighted by Crippen LogP contribution is -1.97. The van der Waals surface area contributed by atoms with E-state index >= 15 is 0 Å². The molecule has 0 aliphatic rings. The first-order chi connectivity index (χ1) is 31.2. The summed E-state index contributed by atoms with van der Waals surface area (Å²) in [5.74, 6) is 0.692. The fourth-order valence-electron chi connectivity index (χ4n) is 9.21. The van der Waals surface area contributed by atoms with Crippen LogP contribution in [0.3, 0.4) is 0 Å². The zero-order valence-corrected chi connectivity index (χ0v) is 34.2. The molecular formula is C59H38N4. The van der Waals surface area contributed by atoms with Crippen molar-refractivity contribution in [1.29, 1.82) is 0 Å². The summed E-state index contributed by atoms with van der Waals surface area (Å²) in [6.07, 6.45) is 0. The molecule has 0 unspecified atom stereocenters. The van der Waals surface area contributed by atoms with Crippen LogP contribution in [0.25, 0.3) is 117 Å². The summed E-state index contributed by atoms with van der Waals surface area (Å²) in [7, 11) is 0. The molecule has 4 nitrogen and oxygen atoms in total. The average molecular weight is 803 g/mol. The fourth-order valence-corrected chi connectivity index (χ4v) is 9.21. The second-order valence-electron chi connectivity index (χ2n) is 16.0. The summed E-state index contributed by atoms with van der Waals surface area (Å²) in [6, 6.07) is 81.5. The maximum Gasteiger partial charge on any atom is 0.160 e. The van der Waals surface area contributed by atoms with Gasteiger partial charge in [-0.05, 0) is 75.5 Å². The minimum atomic E-state index is 0.692. The van der Waals surface area contributed by atoms with Gasteiger partial charge in [0, 0.05) is 44.1 Å². The molecule has 0 saturated carbocycles. The van der Waals surface area contributed by atoms with E-state index in [0.717, 1.165) is 61.5 Å². The number of hydrogen-bond acceptors (Lipinski definition) is 3. The van der Waals surface area contributed by atoms with Gasteiger partial charge in [0.2, 0.25) is 0 Å². The highest BCUT2D eigenvalue weighted by atomic mass is 15.0. The molecule has 3 aromatic heterocycles. The normalized spacial score (nSPS) is 11.5. The Hall–Kier alpha value is -8.47. The molecule has 0 N–H and O–H groups in total. The van der Waals surface area contributed by atoms with Gasteiger partial charge in [0.25, 0.3) is 0 Å². The largest absolute Gasteiger partial charge is 0.309 e. The molecule has 9 aromatic carbocycles. The number of hydrogen-bond donors (Lipinski definition) is 0. The van der Waals surface area contributed by atoms with Gasteiger partial charge < -0.3 is 4.57 Å². The molecule has 0 aliphatic carbocycles. The summed E-state index contributed by atoms with van der Waals surface area (Å²) < 4.78 is 2.34. The molecule has 0 spiro atoms. The molecule has 12 aromatic rings. The van der Waals surface area contributed by atoms with Crippen LogP contribution in [0.2, 0.25) is 0 Å². The molecule has 0 radical (unpaired) electrons. The van der Waals surface area contributed by atoms with Crippen LogP contribution in [-0.2, 0) is 0 Å². The summed E-state index contributed by atoms with van der Waals surface area (Å²) in [4.78, 5) is 15.5. The predicted octanol–water partition coefficient (Wildman–Crippen LogP) is 15.3. The molecule has 3 heterocycles. The lowest BCUT2D eigenvalue weighted by Gasteiger charge is -2.15. The number of fused-ring (bicyclic) bond motifs is 6. The highest BCUT2D eigenvalue weighted by molar-refractivity contribution is 6.17. The Labute approximate surface area is 365 Å². The molecule has 63 heavy (non-hydrogen) atoms. The van der Waals surface area contributed by atoms with Gasteiger partial charge in [0.15, 0.2) is 5.82 Å². The molecule has 0 bridgehead atoms. The monoisotopic (exact) mass is 802 g/mol. The highest BCUT2D eigenvalue weighted by Crippen LogP contribution is 2.40. The summed E-state index contributed by atoms with van der Waals surface area (Å²) >= 11 is 0. The van der Waals surface area contributed by atoms with E-state index in [1.54, 1.807) is 0 Å². The van der Waals surface area contributed by atoms with Crippen LogP contribution >= 0.6 is 0 Å². The van der Waals surface area contributed by atoms with Crippen LogP contribution in [0, 0.1) is 0 Å². The minimum absolute atomic E-state index is 0.692. The fraction of sp³-hybridized carbons (Fsp3) is 0. The number of aromatic nitrogens is 4. The van der Waals surface area contributed by atoms with Crippen LogP contribution < -0.4 is 0 Å². The first-order valence-corrected chi connectivity index (χ1v) is 21.4. The van der Waals surface area contributed by atoms with Crippen LogP contribution in [0.4, 0.5) is 0 Å². The smallest absolute Gasteiger partial charge is 0.160 e. The second-order valence-corrected chi connectivity index (χ2v) is 16.0. The predicted molar refractivity (Wildman–Crippen MR) is 262 cm³/mol. The van der Waals surface area contributed by atoms with E-state index in [2.05, 4.69) is 211 Å².